The van der Waals surface area contributed by atoms with Gasteiger partial charge in [-0.15, -0.1) is 0 Å². The van der Waals surface area contributed by atoms with Crippen molar-refractivity contribution in [2.75, 3.05) is 13.2 Å². The third-order valence-electron chi connectivity index (χ3n) is 13.3. The Morgan fingerprint density at radius 3 is 0.899 bits per heavy atom. The number of unbranched alkanes of at least 4 members (excludes halogenated alkanes) is 36. The van der Waals surface area contributed by atoms with Crippen molar-refractivity contribution >= 4 is 17.9 Å². The van der Waals surface area contributed by atoms with Crippen molar-refractivity contribution in [3.05, 3.63) is 48.6 Å². The summed E-state index contributed by atoms with van der Waals surface area (Å²) in [7, 11) is 0. The lowest BCUT2D eigenvalue weighted by Crippen LogP contribution is -2.30. The molecule has 0 aliphatic rings. The van der Waals surface area contributed by atoms with Gasteiger partial charge in [0.05, 0.1) is 0 Å². The molecule has 69 heavy (non-hydrogen) atoms. The summed E-state index contributed by atoms with van der Waals surface area (Å²) in [6.07, 6.45) is 71.1. The molecular weight excluding hydrogens is 853 g/mol. The van der Waals surface area contributed by atoms with Crippen LogP contribution in [0.5, 0.6) is 0 Å². The zero-order valence-corrected chi connectivity index (χ0v) is 46.1. The van der Waals surface area contributed by atoms with Crippen LogP contribution < -0.4 is 0 Å². The summed E-state index contributed by atoms with van der Waals surface area (Å²) in [4.78, 5) is 38.2. The highest BCUT2D eigenvalue weighted by Crippen LogP contribution is 2.17. The number of carbonyl (C=O) groups is 3. The van der Waals surface area contributed by atoms with E-state index in [0.29, 0.717) is 19.3 Å². The lowest BCUT2D eigenvalue weighted by Gasteiger charge is -2.18. The largest absolute Gasteiger partial charge is 0.462 e. The summed E-state index contributed by atoms with van der Waals surface area (Å²) in [5, 5.41) is 0. The summed E-state index contributed by atoms with van der Waals surface area (Å²) in [5.74, 6) is -0.878. The van der Waals surface area contributed by atoms with E-state index in [0.717, 1.165) is 89.9 Å². The first-order chi connectivity index (χ1) is 34.0. The number of carbonyl (C=O) groups excluding carboxylic acids is 3. The molecule has 0 aromatic rings. The van der Waals surface area contributed by atoms with Crippen LogP contribution in [0.25, 0.3) is 0 Å². The molecule has 0 aliphatic carbocycles. The molecule has 0 fully saturated rings. The normalized spacial score (nSPS) is 12.3. The van der Waals surface area contributed by atoms with Gasteiger partial charge in [0.1, 0.15) is 13.2 Å². The maximum Gasteiger partial charge on any atom is 0.306 e. The van der Waals surface area contributed by atoms with Crippen LogP contribution in [-0.4, -0.2) is 37.2 Å². The highest BCUT2D eigenvalue weighted by Gasteiger charge is 2.19. The van der Waals surface area contributed by atoms with Gasteiger partial charge in [-0.25, -0.2) is 0 Å². The second-order valence-electron chi connectivity index (χ2n) is 20.2. The van der Waals surface area contributed by atoms with Gasteiger partial charge in [-0.1, -0.05) is 268 Å². The standard InChI is InChI=1S/C63H114O6/c1-4-7-10-13-16-19-22-25-28-30-31-32-34-35-38-41-44-47-50-53-56-62(65)68-59-60(58-67-61(64)55-52-49-46-43-40-37-27-24-21-18-15-12-9-6-3)69-63(66)57-54-51-48-45-42-39-36-33-29-26-23-20-17-14-11-8-5-2/h8,11,17,20,24,26-27,29,60H,4-7,9-10,12-16,18-19,21-23,25,28,30-59H2,1-3H3/b11-8-,20-17-,27-24-,29-26-. The Morgan fingerprint density at radius 1 is 0.304 bits per heavy atom. The molecule has 0 aliphatic heterocycles. The first-order valence-corrected chi connectivity index (χ1v) is 30.1. The van der Waals surface area contributed by atoms with Crippen molar-refractivity contribution in [1.82, 2.24) is 0 Å². The predicted octanol–water partition coefficient (Wildman–Crippen LogP) is 20.2. The van der Waals surface area contributed by atoms with Crippen LogP contribution in [0.3, 0.4) is 0 Å². The molecule has 0 spiro atoms. The van der Waals surface area contributed by atoms with Crippen LogP contribution in [0.1, 0.15) is 316 Å². The summed E-state index contributed by atoms with van der Waals surface area (Å²) in [5.41, 5.74) is 0. The van der Waals surface area contributed by atoms with E-state index in [1.807, 2.05) is 0 Å². The van der Waals surface area contributed by atoms with Gasteiger partial charge in [0.2, 0.25) is 0 Å². The smallest absolute Gasteiger partial charge is 0.306 e. The summed E-state index contributed by atoms with van der Waals surface area (Å²) in [6.45, 7) is 6.55. The van der Waals surface area contributed by atoms with Gasteiger partial charge >= 0.3 is 17.9 Å². The Bertz CT molecular complexity index is 1200. The van der Waals surface area contributed by atoms with E-state index >= 15 is 0 Å². The molecule has 1 atom stereocenters. The van der Waals surface area contributed by atoms with Gasteiger partial charge in [-0.2, -0.15) is 0 Å². The fourth-order valence-corrected chi connectivity index (χ4v) is 8.81. The van der Waals surface area contributed by atoms with E-state index in [9.17, 15) is 14.4 Å². The van der Waals surface area contributed by atoms with Gasteiger partial charge in [0.25, 0.3) is 0 Å². The quantitative estimate of drug-likeness (QED) is 0.0262. The van der Waals surface area contributed by atoms with Gasteiger partial charge in [-0.05, 0) is 77.0 Å². The van der Waals surface area contributed by atoms with Crippen LogP contribution in [0.4, 0.5) is 0 Å². The minimum atomic E-state index is -0.780. The number of esters is 3. The molecule has 0 N–H and O–H groups in total. The molecule has 6 heteroatoms. The highest BCUT2D eigenvalue weighted by atomic mass is 16.6. The van der Waals surface area contributed by atoms with E-state index in [1.54, 1.807) is 0 Å². The zero-order chi connectivity index (χ0) is 50.0. The third-order valence-corrected chi connectivity index (χ3v) is 13.3. The monoisotopic (exact) mass is 967 g/mol. The van der Waals surface area contributed by atoms with Crippen molar-refractivity contribution in [3.63, 3.8) is 0 Å². The molecular formula is C63H114O6. The van der Waals surface area contributed by atoms with Crippen molar-refractivity contribution in [2.45, 2.75) is 322 Å². The SMILES string of the molecule is CC/C=C\C/C=C\C/C=C\CCCCCCCCCC(=O)OC(COC(=O)CCCCCCC/C=C\CCCCCCC)COC(=O)CCCCCCCCCCCCCCCCCCCCCC. The van der Waals surface area contributed by atoms with Crippen molar-refractivity contribution < 1.29 is 28.6 Å². The average Bonchev–Trinajstić information content (AvgIpc) is 3.35. The van der Waals surface area contributed by atoms with Gasteiger partial charge in [0.15, 0.2) is 6.10 Å². The van der Waals surface area contributed by atoms with Crippen molar-refractivity contribution in [2.24, 2.45) is 0 Å². The number of allylic oxidation sites excluding steroid dienone is 8. The maximum atomic E-state index is 12.9. The maximum absolute atomic E-state index is 12.9. The minimum Gasteiger partial charge on any atom is -0.462 e. The summed E-state index contributed by atoms with van der Waals surface area (Å²) < 4.78 is 16.9. The Kier molecular flexibility index (Phi) is 55.7. The van der Waals surface area contributed by atoms with Crippen LogP contribution in [0, 0.1) is 0 Å². The zero-order valence-electron chi connectivity index (χ0n) is 46.1. The summed E-state index contributed by atoms with van der Waals surface area (Å²) >= 11 is 0. The van der Waals surface area contributed by atoms with Crippen molar-refractivity contribution in [1.29, 1.82) is 0 Å². The molecule has 0 aromatic heterocycles. The van der Waals surface area contributed by atoms with Crippen LogP contribution in [0.15, 0.2) is 48.6 Å². The Balaban J connectivity index is 4.33. The Hall–Kier alpha value is -2.63. The van der Waals surface area contributed by atoms with Gasteiger partial charge in [0, 0.05) is 19.3 Å². The molecule has 402 valence electrons. The lowest BCUT2D eigenvalue weighted by atomic mass is 10.0. The molecule has 0 amide bonds. The fraction of sp³-hybridized carbons (Fsp3) is 0.825. The number of ether oxygens (including phenoxy) is 3. The Labute approximate surface area is 428 Å². The van der Waals surface area contributed by atoms with E-state index in [2.05, 4.69) is 69.4 Å². The fourth-order valence-electron chi connectivity index (χ4n) is 8.81. The molecule has 1 unspecified atom stereocenters. The molecule has 0 saturated heterocycles. The first kappa shape index (κ1) is 66.4. The number of rotatable bonds is 55. The molecule has 0 radical (unpaired) electrons. The van der Waals surface area contributed by atoms with E-state index in [4.69, 9.17) is 14.2 Å². The number of hydrogen-bond acceptors (Lipinski definition) is 6. The lowest BCUT2D eigenvalue weighted by molar-refractivity contribution is -0.167. The van der Waals surface area contributed by atoms with E-state index in [1.165, 1.54) is 186 Å². The Morgan fingerprint density at radius 2 is 0.565 bits per heavy atom. The van der Waals surface area contributed by atoms with Gasteiger partial charge < -0.3 is 14.2 Å². The van der Waals surface area contributed by atoms with Crippen LogP contribution in [-0.2, 0) is 28.6 Å². The second kappa shape index (κ2) is 57.9. The molecule has 0 saturated carbocycles. The topological polar surface area (TPSA) is 78.9 Å². The van der Waals surface area contributed by atoms with Gasteiger partial charge in [-0.3, -0.25) is 14.4 Å². The first-order valence-electron chi connectivity index (χ1n) is 30.1. The second-order valence-corrected chi connectivity index (χ2v) is 20.2. The molecule has 0 bridgehead atoms. The molecule has 0 rings (SSSR count). The van der Waals surface area contributed by atoms with E-state index < -0.39 is 6.10 Å². The third kappa shape index (κ3) is 56.2. The van der Waals surface area contributed by atoms with Crippen LogP contribution in [0.2, 0.25) is 0 Å². The van der Waals surface area contributed by atoms with Crippen molar-refractivity contribution in [3.8, 4) is 0 Å². The predicted molar refractivity (Wildman–Crippen MR) is 298 cm³/mol. The minimum absolute atomic E-state index is 0.0765. The molecule has 0 heterocycles. The highest BCUT2D eigenvalue weighted by molar-refractivity contribution is 5.71. The summed E-state index contributed by atoms with van der Waals surface area (Å²) in [6, 6.07) is 0. The average molecular weight is 968 g/mol. The van der Waals surface area contributed by atoms with E-state index in [-0.39, 0.29) is 31.1 Å². The molecule has 6 nitrogen and oxygen atoms in total. The molecule has 0 aromatic carbocycles. The number of hydrogen-bond donors (Lipinski definition) is 0. The van der Waals surface area contributed by atoms with Crippen LogP contribution >= 0.6 is 0 Å².